The van der Waals surface area contributed by atoms with E-state index in [4.69, 9.17) is 0 Å². The highest BCUT2D eigenvalue weighted by Gasteiger charge is 2.08. The van der Waals surface area contributed by atoms with Crippen LogP contribution in [-0.4, -0.2) is 27.4 Å². The van der Waals surface area contributed by atoms with Crippen LogP contribution in [0.3, 0.4) is 0 Å². The third-order valence-corrected chi connectivity index (χ3v) is 2.91. The van der Waals surface area contributed by atoms with Crippen LogP contribution in [0.25, 0.3) is 0 Å². The fourth-order valence-electron chi connectivity index (χ4n) is 1.33. The predicted molar refractivity (Wildman–Crippen MR) is 69.5 cm³/mol. The SMILES string of the molecule is CCNc1cncc(C(=O)NCc2cncs2)n1. The van der Waals surface area contributed by atoms with Gasteiger partial charge in [-0.05, 0) is 6.92 Å². The molecule has 0 bridgehead atoms. The Labute approximate surface area is 109 Å². The fraction of sp³-hybridized carbons (Fsp3) is 0.273. The van der Waals surface area contributed by atoms with Gasteiger partial charge in [0.1, 0.15) is 11.5 Å². The molecule has 7 heteroatoms. The zero-order valence-electron chi connectivity index (χ0n) is 9.88. The Hall–Kier alpha value is -2.02. The van der Waals surface area contributed by atoms with Gasteiger partial charge >= 0.3 is 0 Å². The summed E-state index contributed by atoms with van der Waals surface area (Å²) in [7, 11) is 0. The van der Waals surface area contributed by atoms with E-state index in [0.29, 0.717) is 18.1 Å². The molecule has 2 N–H and O–H groups in total. The van der Waals surface area contributed by atoms with E-state index >= 15 is 0 Å². The van der Waals surface area contributed by atoms with Crippen LogP contribution in [0.1, 0.15) is 22.3 Å². The van der Waals surface area contributed by atoms with Crippen molar-refractivity contribution in [3.8, 4) is 0 Å². The largest absolute Gasteiger partial charge is 0.369 e. The molecule has 2 aromatic rings. The van der Waals surface area contributed by atoms with E-state index in [1.807, 2.05) is 6.92 Å². The number of nitrogens with one attached hydrogen (secondary N) is 2. The minimum atomic E-state index is -0.240. The summed E-state index contributed by atoms with van der Waals surface area (Å²) in [6.07, 6.45) is 4.76. The molecule has 6 nitrogen and oxygen atoms in total. The summed E-state index contributed by atoms with van der Waals surface area (Å²) in [5.74, 6) is 0.360. The van der Waals surface area contributed by atoms with E-state index in [1.54, 1.807) is 17.9 Å². The maximum absolute atomic E-state index is 11.8. The van der Waals surface area contributed by atoms with Gasteiger partial charge in [-0.3, -0.25) is 14.8 Å². The summed E-state index contributed by atoms with van der Waals surface area (Å²) in [5.41, 5.74) is 2.03. The van der Waals surface area contributed by atoms with Crippen molar-refractivity contribution in [2.45, 2.75) is 13.5 Å². The number of thiazole rings is 1. The lowest BCUT2D eigenvalue weighted by atomic mass is 10.4. The summed E-state index contributed by atoms with van der Waals surface area (Å²) in [6.45, 7) is 3.15. The molecule has 0 saturated carbocycles. The lowest BCUT2D eigenvalue weighted by molar-refractivity contribution is 0.0946. The van der Waals surface area contributed by atoms with Crippen molar-refractivity contribution >= 4 is 23.1 Å². The fourth-order valence-corrected chi connectivity index (χ4v) is 1.86. The molecule has 0 aromatic carbocycles. The zero-order valence-corrected chi connectivity index (χ0v) is 10.7. The van der Waals surface area contributed by atoms with Gasteiger partial charge in [-0.25, -0.2) is 4.98 Å². The number of hydrogen-bond donors (Lipinski definition) is 2. The molecule has 0 spiro atoms. The topological polar surface area (TPSA) is 79.8 Å². The van der Waals surface area contributed by atoms with Gasteiger partial charge in [0.05, 0.1) is 24.4 Å². The summed E-state index contributed by atoms with van der Waals surface area (Å²) in [4.78, 5) is 24.9. The average molecular weight is 263 g/mol. The van der Waals surface area contributed by atoms with E-state index < -0.39 is 0 Å². The molecule has 0 radical (unpaired) electrons. The Morgan fingerprint density at radius 1 is 1.33 bits per heavy atom. The number of amides is 1. The smallest absolute Gasteiger partial charge is 0.271 e. The van der Waals surface area contributed by atoms with Crippen LogP contribution in [0.5, 0.6) is 0 Å². The van der Waals surface area contributed by atoms with Crippen LogP contribution >= 0.6 is 11.3 Å². The van der Waals surface area contributed by atoms with E-state index in [9.17, 15) is 4.79 Å². The first-order valence-corrected chi connectivity index (χ1v) is 6.39. The first-order valence-electron chi connectivity index (χ1n) is 5.51. The number of aromatic nitrogens is 3. The van der Waals surface area contributed by atoms with Gasteiger partial charge in [0.25, 0.3) is 5.91 Å². The Morgan fingerprint density at radius 3 is 2.94 bits per heavy atom. The number of nitrogens with zero attached hydrogens (tertiary/aromatic N) is 3. The zero-order chi connectivity index (χ0) is 12.8. The second-order valence-electron chi connectivity index (χ2n) is 3.47. The van der Waals surface area contributed by atoms with Gasteiger partial charge in [0, 0.05) is 17.6 Å². The minimum Gasteiger partial charge on any atom is -0.369 e. The molecule has 0 aliphatic rings. The standard InChI is InChI=1S/C11H13N5OS/c1-2-14-10-6-12-5-9(16-10)11(17)15-4-8-3-13-7-18-8/h3,5-7H,2,4H2,1H3,(H,14,16)(H,15,17). The van der Waals surface area contributed by atoms with Crippen LogP contribution < -0.4 is 10.6 Å². The van der Waals surface area contributed by atoms with Crippen molar-refractivity contribution in [2.24, 2.45) is 0 Å². The number of anilines is 1. The molecule has 18 heavy (non-hydrogen) atoms. The highest BCUT2D eigenvalue weighted by Crippen LogP contribution is 2.05. The van der Waals surface area contributed by atoms with Crippen LogP contribution in [0.15, 0.2) is 24.1 Å². The molecular formula is C11H13N5OS. The molecule has 2 heterocycles. The summed E-state index contributed by atoms with van der Waals surface area (Å²) < 4.78 is 0. The molecule has 0 aliphatic carbocycles. The van der Waals surface area contributed by atoms with Crippen molar-refractivity contribution in [3.63, 3.8) is 0 Å². The lowest BCUT2D eigenvalue weighted by Gasteiger charge is -2.05. The third-order valence-electron chi connectivity index (χ3n) is 2.13. The normalized spacial score (nSPS) is 10.1. The number of hydrogen-bond acceptors (Lipinski definition) is 6. The molecule has 2 aromatic heterocycles. The second kappa shape index (κ2) is 6.06. The van der Waals surface area contributed by atoms with Crippen molar-refractivity contribution in [3.05, 3.63) is 34.7 Å². The van der Waals surface area contributed by atoms with E-state index in [-0.39, 0.29) is 5.91 Å². The molecule has 1 amide bonds. The number of carbonyl (C=O) groups excluding carboxylic acids is 1. The molecule has 2 rings (SSSR count). The van der Waals surface area contributed by atoms with Gasteiger partial charge < -0.3 is 10.6 Å². The highest BCUT2D eigenvalue weighted by atomic mass is 32.1. The Bertz CT molecular complexity index is 514. The first-order chi connectivity index (χ1) is 8.79. The van der Waals surface area contributed by atoms with Crippen LogP contribution in [0.2, 0.25) is 0 Å². The molecule has 0 unspecified atom stereocenters. The molecule has 0 atom stereocenters. The van der Waals surface area contributed by atoms with Gasteiger partial charge in [-0.2, -0.15) is 0 Å². The predicted octanol–water partition coefficient (Wildman–Crippen LogP) is 1.29. The van der Waals surface area contributed by atoms with E-state index in [0.717, 1.165) is 11.4 Å². The van der Waals surface area contributed by atoms with Crippen LogP contribution in [-0.2, 0) is 6.54 Å². The molecule has 0 aliphatic heterocycles. The van der Waals surface area contributed by atoms with Crippen molar-refractivity contribution < 1.29 is 4.79 Å². The van der Waals surface area contributed by atoms with Crippen LogP contribution in [0, 0.1) is 0 Å². The monoisotopic (exact) mass is 263 g/mol. The maximum Gasteiger partial charge on any atom is 0.271 e. The number of rotatable bonds is 5. The molecule has 0 fully saturated rings. The maximum atomic E-state index is 11.8. The Kier molecular flexibility index (Phi) is 4.19. The van der Waals surface area contributed by atoms with Gasteiger partial charge in [-0.1, -0.05) is 0 Å². The second-order valence-corrected chi connectivity index (χ2v) is 4.44. The van der Waals surface area contributed by atoms with Crippen molar-refractivity contribution in [1.82, 2.24) is 20.3 Å². The Morgan fingerprint density at radius 2 is 2.22 bits per heavy atom. The summed E-state index contributed by atoms with van der Waals surface area (Å²) in [5, 5.41) is 5.78. The van der Waals surface area contributed by atoms with E-state index in [2.05, 4.69) is 25.6 Å². The van der Waals surface area contributed by atoms with Gasteiger partial charge in [-0.15, -0.1) is 11.3 Å². The molecule has 94 valence electrons. The quantitative estimate of drug-likeness (QED) is 0.849. The van der Waals surface area contributed by atoms with Gasteiger partial charge in [0.2, 0.25) is 0 Å². The van der Waals surface area contributed by atoms with E-state index in [1.165, 1.54) is 17.5 Å². The van der Waals surface area contributed by atoms with Gasteiger partial charge in [0.15, 0.2) is 0 Å². The average Bonchev–Trinajstić information content (AvgIpc) is 2.90. The molecule has 0 saturated heterocycles. The first kappa shape index (κ1) is 12.4. The molecular weight excluding hydrogens is 250 g/mol. The third kappa shape index (κ3) is 3.24. The Balaban J connectivity index is 1.97. The minimum absolute atomic E-state index is 0.240. The van der Waals surface area contributed by atoms with Crippen LogP contribution in [0.4, 0.5) is 5.82 Å². The van der Waals surface area contributed by atoms with Crippen molar-refractivity contribution in [2.75, 3.05) is 11.9 Å². The number of carbonyl (C=O) groups is 1. The highest BCUT2D eigenvalue weighted by molar-refractivity contribution is 7.09. The summed E-state index contributed by atoms with van der Waals surface area (Å²) >= 11 is 1.50. The van der Waals surface area contributed by atoms with Crippen molar-refractivity contribution in [1.29, 1.82) is 0 Å². The lowest BCUT2D eigenvalue weighted by Crippen LogP contribution is -2.23. The summed E-state index contributed by atoms with van der Waals surface area (Å²) in [6, 6.07) is 0.